The number of nitrogens with one attached hydrogen (secondary N) is 1. The number of phenols is 1. The van der Waals surface area contributed by atoms with Gasteiger partial charge in [-0.3, -0.25) is 0 Å². The zero-order valence-corrected chi connectivity index (χ0v) is 11.1. The number of hydrogen-bond acceptors (Lipinski definition) is 3. The highest BCUT2D eigenvalue weighted by molar-refractivity contribution is 6.14. The second-order valence-electron chi connectivity index (χ2n) is 4.70. The van der Waals surface area contributed by atoms with Crippen LogP contribution < -0.4 is 5.32 Å². The Labute approximate surface area is 118 Å². The van der Waals surface area contributed by atoms with Gasteiger partial charge in [0, 0.05) is 6.42 Å². The number of phenolic OH excluding ortho intramolecular Hbond substituents is 1. The second kappa shape index (κ2) is 5.65. The molecule has 0 bridgehead atoms. The molecule has 0 aromatic heterocycles. The van der Waals surface area contributed by atoms with Crippen molar-refractivity contribution in [3.05, 3.63) is 53.8 Å². The maximum absolute atomic E-state index is 13.3. The minimum absolute atomic E-state index is 0.0676. The molecule has 20 heavy (non-hydrogen) atoms. The van der Waals surface area contributed by atoms with Crippen molar-refractivity contribution in [2.24, 2.45) is 0 Å². The monoisotopic (exact) mass is 271 g/mol. The van der Waals surface area contributed by atoms with Crippen LogP contribution in [0.5, 0.6) is 5.75 Å². The van der Waals surface area contributed by atoms with Crippen LogP contribution >= 0.6 is 0 Å². The molecule has 3 nitrogen and oxygen atoms in total. The number of aliphatic hydroxyl groups is 1. The Morgan fingerprint density at radius 3 is 2.65 bits per heavy atom. The van der Waals surface area contributed by atoms with Crippen molar-refractivity contribution in [3.8, 4) is 16.9 Å². The third-order valence-corrected chi connectivity index (χ3v) is 3.12. The van der Waals surface area contributed by atoms with E-state index in [1.807, 2.05) is 0 Å². The first-order valence-corrected chi connectivity index (χ1v) is 6.19. The molecule has 2 rings (SSSR count). The van der Waals surface area contributed by atoms with E-state index in [2.05, 4.69) is 5.32 Å². The Kier molecular flexibility index (Phi) is 4.11. The molecule has 2 aromatic rings. The second-order valence-corrected chi connectivity index (χ2v) is 4.70. The van der Waals surface area contributed by atoms with Gasteiger partial charge in [0.2, 0.25) is 0 Å². The molecular weight excluding hydrogens is 256 g/mol. The summed E-state index contributed by atoms with van der Waals surface area (Å²) in [5.74, 6) is -0.300. The van der Waals surface area contributed by atoms with Gasteiger partial charge in [-0.25, -0.2) is 4.39 Å². The molecule has 5 heteroatoms. The Bertz CT molecular complexity index is 617. The van der Waals surface area contributed by atoms with Crippen LogP contribution in [-0.4, -0.2) is 30.7 Å². The van der Waals surface area contributed by atoms with Gasteiger partial charge in [-0.1, -0.05) is 18.2 Å². The summed E-state index contributed by atoms with van der Waals surface area (Å²) in [5.41, 5.74) is 0.373. The van der Waals surface area contributed by atoms with Gasteiger partial charge in [-0.15, -0.1) is 0 Å². The molecular formula is C15H15BFNO2. The van der Waals surface area contributed by atoms with E-state index in [0.717, 1.165) is 0 Å². The quantitative estimate of drug-likeness (QED) is 0.587. The van der Waals surface area contributed by atoms with E-state index >= 15 is 0 Å². The lowest BCUT2D eigenvalue weighted by Crippen LogP contribution is -2.45. The fourth-order valence-electron chi connectivity index (χ4n) is 2.02. The topological polar surface area (TPSA) is 52.5 Å². The molecule has 3 N–H and O–H groups in total. The molecule has 2 radical (unpaired) electrons. The number of halogens is 1. The van der Waals surface area contributed by atoms with Crippen LogP contribution in [0.3, 0.4) is 0 Å². The number of hydrogen-bond donors (Lipinski definition) is 3. The first-order valence-electron chi connectivity index (χ1n) is 6.19. The summed E-state index contributed by atoms with van der Waals surface area (Å²) in [7, 11) is 7.21. The van der Waals surface area contributed by atoms with Crippen molar-refractivity contribution in [1.82, 2.24) is 5.32 Å². The van der Waals surface area contributed by atoms with E-state index in [0.29, 0.717) is 16.7 Å². The summed E-state index contributed by atoms with van der Waals surface area (Å²) in [5, 5.41) is 22.1. The zero-order chi connectivity index (χ0) is 14.8. The Morgan fingerprint density at radius 1 is 1.25 bits per heavy atom. The Balaban J connectivity index is 2.48. The van der Waals surface area contributed by atoms with Crippen LogP contribution in [0.4, 0.5) is 4.39 Å². The maximum Gasteiger partial charge on any atom is 0.135 e. The standard InChI is InChI=1S/C15H15BFNO2/c1-18-15(16,20)9-11-5-6-13(19)8-14(11)10-3-2-4-12(17)7-10/h2-8,18-20H,9H2,1H3. The summed E-state index contributed by atoms with van der Waals surface area (Å²) < 4.78 is 13.3. The molecule has 0 saturated heterocycles. The molecule has 1 unspecified atom stereocenters. The third-order valence-electron chi connectivity index (χ3n) is 3.12. The summed E-state index contributed by atoms with van der Waals surface area (Å²) in [4.78, 5) is 0. The van der Waals surface area contributed by atoms with E-state index in [1.54, 1.807) is 25.2 Å². The van der Waals surface area contributed by atoms with E-state index in [1.165, 1.54) is 24.3 Å². The molecule has 0 heterocycles. The fraction of sp³-hybridized carbons (Fsp3) is 0.200. The van der Waals surface area contributed by atoms with Crippen molar-refractivity contribution in [2.45, 2.75) is 12.0 Å². The first-order chi connectivity index (χ1) is 9.41. The van der Waals surface area contributed by atoms with Gasteiger partial charge in [0.25, 0.3) is 0 Å². The summed E-state index contributed by atoms with van der Waals surface area (Å²) in [6, 6.07) is 10.7. The van der Waals surface area contributed by atoms with Crippen LogP contribution in [-0.2, 0) is 6.42 Å². The number of aromatic hydroxyl groups is 1. The van der Waals surface area contributed by atoms with Gasteiger partial charge < -0.3 is 15.5 Å². The molecule has 0 aliphatic carbocycles. The lowest BCUT2D eigenvalue weighted by Gasteiger charge is -2.25. The van der Waals surface area contributed by atoms with Gasteiger partial charge >= 0.3 is 0 Å². The van der Waals surface area contributed by atoms with Crippen LogP contribution in [0, 0.1) is 5.82 Å². The van der Waals surface area contributed by atoms with E-state index in [9.17, 15) is 14.6 Å². The first kappa shape index (κ1) is 14.6. The predicted octanol–water partition coefficient (Wildman–Crippen LogP) is 1.77. The molecule has 102 valence electrons. The fourth-order valence-corrected chi connectivity index (χ4v) is 2.02. The molecule has 0 saturated carbocycles. The summed E-state index contributed by atoms with van der Waals surface area (Å²) >= 11 is 0. The molecule has 0 spiro atoms. The Morgan fingerprint density at radius 2 is 2.00 bits per heavy atom. The van der Waals surface area contributed by atoms with Crippen LogP contribution in [0.2, 0.25) is 0 Å². The minimum Gasteiger partial charge on any atom is -0.508 e. The van der Waals surface area contributed by atoms with Crippen molar-refractivity contribution < 1.29 is 14.6 Å². The highest BCUT2D eigenvalue weighted by Crippen LogP contribution is 2.29. The SMILES string of the molecule is [B]C(O)(Cc1ccc(O)cc1-c1cccc(F)c1)NC. The molecule has 0 amide bonds. The van der Waals surface area contributed by atoms with Crippen molar-refractivity contribution in [2.75, 3.05) is 7.05 Å². The van der Waals surface area contributed by atoms with E-state index in [4.69, 9.17) is 7.85 Å². The van der Waals surface area contributed by atoms with Gasteiger partial charge in [0.05, 0.1) is 5.62 Å². The molecule has 1 atom stereocenters. The van der Waals surface area contributed by atoms with Gasteiger partial charge in [-0.05, 0) is 48.0 Å². The summed E-state index contributed by atoms with van der Waals surface area (Å²) in [6.07, 6.45) is 0.121. The lowest BCUT2D eigenvalue weighted by molar-refractivity contribution is 0.0999. The maximum atomic E-state index is 13.3. The average molecular weight is 271 g/mol. The van der Waals surface area contributed by atoms with E-state index in [-0.39, 0.29) is 18.0 Å². The third kappa shape index (κ3) is 3.38. The largest absolute Gasteiger partial charge is 0.508 e. The number of rotatable bonds is 4. The van der Waals surface area contributed by atoms with Crippen LogP contribution in [0.1, 0.15) is 5.56 Å². The van der Waals surface area contributed by atoms with Crippen LogP contribution in [0.15, 0.2) is 42.5 Å². The van der Waals surface area contributed by atoms with Crippen molar-refractivity contribution in [3.63, 3.8) is 0 Å². The number of benzene rings is 2. The average Bonchev–Trinajstić information content (AvgIpc) is 2.40. The van der Waals surface area contributed by atoms with Gasteiger partial charge in [0.15, 0.2) is 0 Å². The van der Waals surface area contributed by atoms with Crippen molar-refractivity contribution >= 4 is 7.85 Å². The van der Waals surface area contributed by atoms with E-state index < -0.39 is 5.62 Å². The van der Waals surface area contributed by atoms with Gasteiger partial charge in [0.1, 0.15) is 19.4 Å². The highest BCUT2D eigenvalue weighted by atomic mass is 19.1. The molecule has 2 aromatic carbocycles. The van der Waals surface area contributed by atoms with Crippen molar-refractivity contribution in [1.29, 1.82) is 0 Å². The molecule has 0 fully saturated rings. The zero-order valence-electron chi connectivity index (χ0n) is 11.1. The van der Waals surface area contributed by atoms with Crippen LogP contribution in [0.25, 0.3) is 11.1 Å². The minimum atomic E-state index is -1.57. The normalized spacial score (nSPS) is 13.9. The Hall–Kier alpha value is -1.85. The summed E-state index contributed by atoms with van der Waals surface area (Å²) in [6.45, 7) is 0. The lowest BCUT2D eigenvalue weighted by atomic mass is 9.82. The molecule has 0 aliphatic heterocycles. The van der Waals surface area contributed by atoms with Gasteiger partial charge in [-0.2, -0.15) is 0 Å². The number of likely N-dealkylation sites (N-methyl/N-ethyl adjacent to an activating group) is 1. The molecule has 0 aliphatic rings. The predicted molar refractivity (Wildman–Crippen MR) is 77.0 cm³/mol. The highest BCUT2D eigenvalue weighted by Gasteiger charge is 2.19. The smallest absolute Gasteiger partial charge is 0.135 e.